The van der Waals surface area contributed by atoms with E-state index in [9.17, 15) is 8.42 Å². The average molecular weight is 352 g/mol. The van der Waals surface area contributed by atoms with E-state index in [2.05, 4.69) is 33.4 Å². The molecule has 0 radical (unpaired) electrons. The summed E-state index contributed by atoms with van der Waals surface area (Å²) in [5.74, 6) is 0. The minimum Gasteiger partial charge on any atom is -0.371 e. The number of sulfonamides is 1. The quantitative estimate of drug-likeness (QED) is 0.862. The van der Waals surface area contributed by atoms with E-state index in [0.717, 1.165) is 24.4 Å². The number of anilines is 2. The Hall–Kier alpha value is -1.64. The van der Waals surface area contributed by atoms with Gasteiger partial charge < -0.3 is 10.2 Å². The number of nitrogens with zero attached hydrogens (tertiary/aromatic N) is 2. The molecular formula is C15H20N4O2S2. The van der Waals surface area contributed by atoms with Crippen molar-refractivity contribution in [3.63, 3.8) is 0 Å². The van der Waals surface area contributed by atoms with Gasteiger partial charge in [-0.05, 0) is 30.9 Å². The van der Waals surface area contributed by atoms with Crippen molar-refractivity contribution in [2.75, 3.05) is 23.3 Å². The summed E-state index contributed by atoms with van der Waals surface area (Å²) in [6.45, 7) is 2.78. The monoisotopic (exact) mass is 352 g/mol. The Balaban J connectivity index is 1.72. The summed E-state index contributed by atoms with van der Waals surface area (Å²) >= 11 is 1.05. The number of thiazole rings is 1. The van der Waals surface area contributed by atoms with Crippen LogP contribution < -0.4 is 15.4 Å². The number of hydrogen-bond acceptors (Lipinski definition) is 6. The van der Waals surface area contributed by atoms with Gasteiger partial charge in [0.15, 0.2) is 9.34 Å². The lowest BCUT2D eigenvalue weighted by Crippen LogP contribution is -2.30. The Morgan fingerprint density at radius 3 is 2.65 bits per heavy atom. The molecule has 1 aliphatic heterocycles. The van der Waals surface area contributed by atoms with Crippen LogP contribution in [0.15, 0.2) is 34.7 Å². The largest absolute Gasteiger partial charge is 0.371 e. The predicted molar refractivity (Wildman–Crippen MR) is 93.3 cm³/mol. The van der Waals surface area contributed by atoms with Crippen LogP contribution in [-0.2, 0) is 16.6 Å². The number of hydrogen-bond donors (Lipinski definition) is 2. The second-order valence-corrected chi connectivity index (χ2v) is 8.38. The molecule has 1 aliphatic rings. The third-order valence-electron chi connectivity index (χ3n) is 3.88. The summed E-state index contributed by atoms with van der Waals surface area (Å²) in [5.41, 5.74) is 2.42. The molecule has 1 aromatic carbocycles. The topological polar surface area (TPSA) is 88.3 Å². The number of para-hydroxylation sites is 1. The van der Waals surface area contributed by atoms with Gasteiger partial charge in [0.2, 0.25) is 10.0 Å². The molecule has 3 N–H and O–H groups in total. The van der Waals surface area contributed by atoms with Crippen LogP contribution in [0.3, 0.4) is 0 Å². The maximum atomic E-state index is 11.3. The normalized spacial score (nSPS) is 15.6. The molecule has 0 bridgehead atoms. The highest BCUT2D eigenvalue weighted by molar-refractivity contribution is 7.91. The highest BCUT2D eigenvalue weighted by Gasteiger charge is 2.15. The summed E-state index contributed by atoms with van der Waals surface area (Å²) in [5, 5.41) is 8.86. The van der Waals surface area contributed by atoms with Gasteiger partial charge in [-0.1, -0.05) is 29.5 Å². The van der Waals surface area contributed by atoms with E-state index in [1.807, 2.05) is 6.07 Å². The van der Waals surface area contributed by atoms with Crippen LogP contribution in [0.25, 0.3) is 0 Å². The van der Waals surface area contributed by atoms with Gasteiger partial charge in [-0.15, -0.1) is 0 Å². The van der Waals surface area contributed by atoms with Gasteiger partial charge in [0.25, 0.3) is 0 Å². The fourth-order valence-corrected chi connectivity index (χ4v) is 4.19. The Kier molecular flexibility index (Phi) is 4.84. The van der Waals surface area contributed by atoms with Gasteiger partial charge >= 0.3 is 0 Å². The first-order chi connectivity index (χ1) is 11.0. The first-order valence-electron chi connectivity index (χ1n) is 7.59. The van der Waals surface area contributed by atoms with Crippen molar-refractivity contribution in [2.24, 2.45) is 5.14 Å². The number of aromatic nitrogens is 1. The zero-order chi connectivity index (χ0) is 16.3. The molecule has 1 fully saturated rings. The van der Waals surface area contributed by atoms with E-state index in [1.54, 1.807) is 0 Å². The lowest BCUT2D eigenvalue weighted by molar-refractivity contribution is 0.576. The minimum absolute atomic E-state index is 0.0734. The molecule has 23 heavy (non-hydrogen) atoms. The van der Waals surface area contributed by atoms with Crippen LogP contribution in [0.4, 0.5) is 10.8 Å². The number of nitrogens with two attached hydrogens (primary N) is 1. The fraction of sp³-hybridized carbons (Fsp3) is 0.400. The number of benzene rings is 1. The molecular weight excluding hydrogens is 332 g/mol. The summed E-state index contributed by atoms with van der Waals surface area (Å²) in [4.78, 5) is 6.49. The summed E-state index contributed by atoms with van der Waals surface area (Å²) in [6.07, 6.45) is 5.04. The minimum atomic E-state index is -3.68. The SMILES string of the molecule is NS(=O)(=O)c1cnc(NCc2ccccc2N2CCCCC2)s1. The van der Waals surface area contributed by atoms with Crippen molar-refractivity contribution in [3.8, 4) is 0 Å². The van der Waals surface area contributed by atoms with E-state index in [4.69, 9.17) is 5.14 Å². The van der Waals surface area contributed by atoms with E-state index in [-0.39, 0.29) is 4.21 Å². The molecule has 0 amide bonds. The maximum absolute atomic E-state index is 11.3. The lowest BCUT2D eigenvalue weighted by atomic mass is 10.1. The second-order valence-electron chi connectivity index (χ2n) is 5.56. The Morgan fingerprint density at radius 2 is 1.96 bits per heavy atom. The summed E-state index contributed by atoms with van der Waals surface area (Å²) < 4.78 is 22.7. The lowest BCUT2D eigenvalue weighted by Gasteiger charge is -2.30. The van der Waals surface area contributed by atoms with Crippen molar-refractivity contribution in [2.45, 2.75) is 30.0 Å². The molecule has 1 aromatic heterocycles. The highest BCUT2D eigenvalue weighted by atomic mass is 32.2. The Bertz CT molecular complexity index is 767. The van der Waals surface area contributed by atoms with Crippen molar-refractivity contribution in [1.82, 2.24) is 4.98 Å². The zero-order valence-corrected chi connectivity index (χ0v) is 14.4. The molecule has 0 unspecified atom stereocenters. The van der Waals surface area contributed by atoms with Gasteiger partial charge in [0.05, 0.1) is 6.20 Å². The van der Waals surface area contributed by atoms with Crippen LogP contribution in [0.5, 0.6) is 0 Å². The first-order valence-corrected chi connectivity index (χ1v) is 9.96. The molecule has 2 aromatic rings. The number of nitrogens with one attached hydrogen (secondary N) is 1. The van der Waals surface area contributed by atoms with Gasteiger partial charge in [0, 0.05) is 25.3 Å². The van der Waals surface area contributed by atoms with Gasteiger partial charge in [-0.25, -0.2) is 18.5 Å². The van der Waals surface area contributed by atoms with E-state index < -0.39 is 10.0 Å². The van der Waals surface area contributed by atoms with Gasteiger partial charge in [-0.2, -0.15) is 0 Å². The maximum Gasteiger partial charge on any atom is 0.249 e. The van der Waals surface area contributed by atoms with Gasteiger partial charge in [0.1, 0.15) is 0 Å². The molecule has 2 heterocycles. The van der Waals surface area contributed by atoms with Crippen molar-refractivity contribution in [3.05, 3.63) is 36.0 Å². The van der Waals surface area contributed by atoms with Crippen molar-refractivity contribution < 1.29 is 8.42 Å². The standard InChI is InChI=1S/C15H20N4O2S2/c16-23(20,21)14-11-18-15(22-14)17-10-12-6-2-3-7-13(12)19-8-4-1-5-9-19/h2-3,6-7,11H,1,4-5,8-10H2,(H,17,18)(H2,16,20,21). The smallest absolute Gasteiger partial charge is 0.249 e. The average Bonchev–Trinajstić information content (AvgIpc) is 3.03. The summed E-state index contributed by atoms with van der Waals surface area (Å²) in [6, 6.07) is 8.29. The predicted octanol–water partition coefficient (Wildman–Crippen LogP) is 2.39. The zero-order valence-electron chi connectivity index (χ0n) is 12.7. The molecule has 0 aliphatic carbocycles. The van der Waals surface area contributed by atoms with Crippen LogP contribution in [-0.4, -0.2) is 26.5 Å². The van der Waals surface area contributed by atoms with E-state index in [0.29, 0.717) is 11.7 Å². The van der Waals surface area contributed by atoms with E-state index in [1.165, 1.54) is 36.7 Å². The summed E-state index contributed by atoms with van der Waals surface area (Å²) in [7, 11) is -3.68. The van der Waals surface area contributed by atoms with Crippen molar-refractivity contribution in [1.29, 1.82) is 0 Å². The second kappa shape index (κ2) is 6.86. The molecule has 124 valence electrons. The van der Waals surface area contributed by atoms with E-state index >= 15 is 0 Å². The molecule has 3 rings (SSSR count). The van der Waals surface area contributed by atoms with Crippen LogP contribution in [0.1, 0.15) is 24.8 Å². The third-order valence-corrected chi connectivity index (χ3v) is 6.25. The molecule has 8 heteroatoms. The van der Waals surface area contributed by atoms with Gasteiger partial charge in [-0.3, -0.25) is 0 Å². The fourth-order valence-electron chi connectivity index (χ4n) is 2.75. The molecule has 1 saturated heterocycles. The first kappa shape index (κ1) is 16.2. The molecule has 6 nitrogen and oxygen atoms in total. The number of primary sulfonamides is 1. The number of rotatable bonds is 5. The number of piperidine rings is 1. The Labute approximate surface area is 140 Å². The third kappa shape index (κ3) is 4.01. The highest BCUT2D eigenvalue weighted by Crippen LogP contribution is 2.26. The van der Waals surface area contributed by atoms with Crippen LogP contribution >= 0.6 is 11.3 Å². The Morgan fingerprint density at radius 1 is 1.22 bits per heavy atom. The molecule has 0 atom stereocenters. The van der Waals surface area contributed by atoms with Crippen molar-refractivity contribution >= 4 is 32.2 Å². The molecule has 0 spiro atoms. The van der Waals surface area contributed by atoms with Crippen LogP contribution in [0, 0.1) is 0 Å². The molecule has 0 saturated carbocycles. The van der Waals surface area contributed by atoms with Crippen LogP contribution in [0.2, 0.25) is 0 Å².